The molecule has 4 nitrogen and oxygen atoms in total. The van der Waals surface area contributed by atoms with Crippen LogP contribution in [0.2, 0.25) is 0 Å². The zero-order valence-corrected chi connectivity index (χ0v) is 10.8. The van der Waals surface area contributed by atoms with Gasteiger partial charge in [0, 0.05) is 13.1 Å². The molecule has 0 saturated carbocycles. The van der Waals surface area contributed by atoms with Crippen LogP contribution in [0.4, 0.5) is 0 Å². The first-order chi connectivity index (χ1) is 8.47. The number of nitrogens with one attached hydrogen (secondary N) is 1. The van der Waals surface area contributed by atoms with Crippen molar-refractivity contribution in [3.05, 3.63) is 35.9 Å². The Bertz CT molecular complexity index is 434. The summed E-state index contributed by atoms with van der Waals surface area (Å²) in [5.74, 6) is -0.557. The average Bonchev–Trinajstić information content (AvgIpc) is 2.35. The maximum absolute atomic E-state index is 11.2. The van der Waals surface area contributed by atoms with Gasteiger partial charge in [0.05, 0.1) is 17.4 Å². The normalized spacial score (nSPS) is 12.7. The lowest BCUT2D eigenvalue weighted by Crippen LogP contribution is -2.41. The number of carbonyl (C=O) groups is 1. The van der Waals surface area contributed by atoms with Crippen LogP contribution in [0.5, 0.6) is 0 Å². The number of rotatable bonds is 6. The molecular weight excluding hydrogens is 226 g/mol. The van der Waals surface area contributed by atoms with Crippen molar-refractivity contribution in [1.29, 1.82) is 5.26 Å². The minimum Gasteiger partial charge on any atom is -0.369 e. The van der Waals surface area contributed by atoms with Crippen LogP contribution in [-0.2, 0) is 4.79 Å². The molecule has 18 heavy (non-hydrogen) atoms. The lowest BCUT2D eigenvalue weighted by atomic mass is 9.92. The van der Waals surface area contributed by atoms with Gasteiger partial charge in [0.1, 0.15) is 0 Å². The van der Waals surface area contributed by atoms with Crippen LogP contribution in [0.3, 0.4) is 0 Å². The van der Waals surface area contributed by atoms with Gasteiger partial charge >= 0.3 is 0 Å². The van der Waals surface area contributed by atoms with E-state index in [9.17, 15) is 4.79 Å². The van der Waals surface area contributed by atoms with Gasteiger partial charge in [-0.05, 0) is 19.4 Å². The zero-order chi connectivity index (χ0) is 13.6. The number of benzene rings is 1. The fraction of sp³-hybridized carbons (Fsp3) is 0.429. The summed E-state index contributed by atoms with van der Waals surface area (Å²) in [6.45, 7) is 4.54. The molecule has 0 aromatic heterocycles. The summed E-state index contributed by atoms with van der Waals surface area (Å²) >= 11 is 0. The molecule has 3 N–H and O–H groups in total. The standard InChI is InChI=1S/C14H19N3O/c1-14(2,13(16)18)10-17-9-12(8-15)11-6-4-3-5-7-11/h3-7,12,17H,9-10H2,1-2H3,(H2,16,18). The minimum atomic E-state index is -0.601. The quantitative estimate of drug-likeness (QED) is 0.795. The summed E-state index contributed by atoms with van der Waals surface area (Å²) in [6.07, 6.45) is 0. The Morgan fingerprint density at radius 2 is 2.06 bits per heavy atom. The molecule has 1 unspecified atom stereocenters. The molecule has 0 spiro atoms. The number of nitrogens with two attached hydrogens (primary N) is 1. The summed E-state index contributed by atoms with van der Waals surface area (Å²) < 4.78 is 0. The summed E-state index contributed by atoms with van der Waals surface area (Å²) in [5, 5.41) is 12.3. The summed E-state index contributed by atoms with van der Waals surface area (Å²) in [4.78, 5) is 11.2. The topological polar surface area (TPSA) is 78.9 Å². The monoisotopic (exact) mass is 245 g/mol. The second-order valence-electron chi connectivity index (χ2n) is 4.97. The van der Waals surface area contributed by atoms with Gasteiger partial charge in [0.25, 0.3) is 0 Å². The van der Waals surface area contributed by atoms with Gasteiger partial charge in [0.2, 0.25) is 5.91 Å². The van der Waals surface area contributed by atoms with Gasteiger partial charge < -0.3 is 11.1 Å². The van der Waals surface area contributed by atoms with Crippen LogP contribution >= 0.6 is 0 Å². The van der Waals surface area contributed by atoms with Crippen molar-refractivity contribution in [1.82, 2.24) is 5.32 Å². The highest BCUT2D eigenvalue weighted by atomic mass is 16.1. The van der Waals surface area contributed by atoms with Crippen LogP contribution in [0.1, 0.15) is 25.3 Å². The van der Waals surface area contributed by atoms with Crippen LogP contribution in [0.15, 0.2) is 30.3 Å². The molecule has 0 radical (unpaired) electrons. The van der Waals surface area contributed by atoms with E-state index in [2.05, 4.69) is 11.4 Å². The molecule has 1 aromatic rings. The lowest BCUT2D eigenvalue weighted by Gasteiger charge is -2.21. The highest BCUT2D eigenvalue weighted by Crippen LogP contribution is 2.15. The molecule has 0 bridgehead atoms. The second-order valence-corrected chi connectivity index (χ2v) is 4.97. The molecule has 1 aromatic carbocycles. The maximum Gasteiger partial charge on any atom is 0.224 e. The van der Waals surface area contributed by atoms with E-state index in [-0.39, 0.29) is 11.8 Å². The molecular formula is C14H19N3O. The third-order valence-corrected chi connectivity index (χ3v) is 2.94. The van der Waals surface area contributed by atoms with Crippen LogP contribution in [-0.4, -0.2) is 19.0 Å². The Kier molecular flexibility index (Phi) is 4.87. The van der Waals surface area contributed by atoms with Gasteiger partial charge in [-0.25, -0.2) is 0 Å². The number of nitrogens with zero attached hydrogens (tertiary/aromatic N) is 1. The maximum atomic E-state index is 11.2. The van der Waals surface area contributed by atoms with Crippen molar-refractivity contribution in [2.75, 3.05) is 13.1 Å². The van der Waals surface area contributed by atoms with Crippen molar-refractivity contribution in [2.24, 2.45) is 11.1 Å². The largest absolute Gasteiger partial charge is 0.369 e. The highest BCUT2D eigenvalue weighted by molar-refractivity contribution is 5.80. The summed E-state index contributed by atoms with van der Waals surface area (Å²) in [7, 11) is 0. The van der Waals surface area contributed by atoms with E-state index in [4.69, 9.17) is 11.0 Å². The van der Waals surface area contributed by atoms with Gasteiger partial charge in [-0.3, -0.25) is 4.79 Å². The van der Waals surface area contributed by atoms with Crippen LogP contribution < -0.4 is 11.1 Å². The molecule has 0 aliphatic heterocycles. The van der Waals surface area contributed by atoms with E-state index in [0.29, 0.717) is 13.1 Å². The number of amides is 1. The first kappa shape index (κ1) is 14.2. The number of primary amides is 1. The van der Waals surface area contributed by atoms with Gasteiger partial charge in [-0.1, -0.05) is 30.3 Å². The Labute approximate surface area is 108 Å². The van der Waals surface area contributed by atoms with Crippen molar-refractivity contribution >= 4 is 5.91 Å². The van der Waals surface area contributed by atoms with Gasteiger partial charge in [-0.15, -0.1) is 0 Å². The smallest absolute Gasteiger partial charge is 0.224 e. The van der Waals surface area contributed by atoms with Gasteiger partial charge in [-0.2, -0.15) is 5.26 Å². The van der Waals surface area contributed by atoms with E-state index < -0.39 is 5.41 Å². The molecule has 96 valence electrons. The molecule has 0 heterocycles. The second kappa shape index (κ2) is 6.18. The number of hydrogen-bond acceptors (Lipinski definition) is 3. The predicted molar refractivity (Wildman–Crippen MR) is 70.6 cm³/mol. The van der Waals surface area contributed by atoms with Crippen LogP contribution in [0, 0.1) is 16.7 Å². The Morgan fingerprint density at radius 3 is 2.56 bits per heavy atom. The Morgan fingerprint density at radius 1 is 1.44 bits per heavy atom. The third kappa shape index (κ3) is 3.86. The molecule has 0 aliphatic rings. The van der Waals surface area contributed by atoms with Crippen molar-refractivity contribution in [3.8, 4) is 6.07 Å². The first-order valence-corrected chi connectivity index (χ1v) is 5.92. The fourth-order valence-corrected chi connectivity index (χ4v) is 1.54. The summed E-state index contributed by atoms with van der Waals surface area (Å²) in [6, 6.07) is 11.8. The first-order valence-electron chi connectivity index (χ1n) is 5.92. The Hall–Kier alpha value is -1.86. The lowest BCUT2D eigenvalue weighted by molar-refractivity contribution is -0.125. The Balaban J connectivity index is 2.53. The van der Waals surface area contributed by atoms with E-state index in [0.717, 1.165) is 5.56 Å². The van der Waals surface area contributed by atoms with Crippen molar-refractivity contribution < 1.29 is 4.79 Å². The SMILES string of the molecule is CC(C)(CNCC(C#N)c1ccccc1)C(N)=O. The van der Waals surface area contributed by atoms with E-state index in [1.54, 1.807) is 13.8 Å². The zero-order valence-electron chi connectivity index (χ0n) is 10.8. The third-order valence-electron chi connectivity index (χ3n) is 2.94. The van der Waals surface area contributed by atoms with E-state index >= 15 is 0 Å². The van der Waals surface area contributed by atoms with E-state index in [1.807, 2.05) is 30.3 Å². The highest BCUT2D eigenvalue weighted by Gasteiger charge is 2.24. The molecule has 1 atom stereocenters. The van der Waals surface area contributed by atoms with Gasteiger partial charge in [0.15, 0.2) is 0 Å². The molecule has 1 amide bonds. The number of nitriles is 1. The minimum absolute atomic E-state index is 0.213. The molecule has 1 rings (SSSR count). The van der Waals surface area contributed by atoms with E-state index in [1.165, 1.54) is 0 Å². The van der Waals surface area contributed by atoms with Crippen molar-refractivity contribution in [2.45, 2.75) is 19.8 Å². The fourth-order valence-electron chi connectivity index (χ4n) is 1.54. The average molecular weight is 245 g/mol. The predicted octanol–water partition coefficient (Wildman–Crippen LogP) is 1.39. The molecule has 4 heteroatoms. The van der Waals surface area contributed by atoms with Crippen molar-refractivity contribution in [3.63, 3.8) is 0 Å². The molecule has 0 saturated heterocycles. The molecule has 0 fully saturated rings. The summed E-state index contributed by atoms with van der Waals surface area (Å²) in [5.41, 5.74) is 5.66. The molecule has 0 aliphatic carbocycles. The van der Waals surface area contributed by atoms with Crippen LogP contribution in [0.25, 0.3) is 0 Å². The number of carbonyl (C=O) groups excluding carboxylic acids is 1. The number of hydrogen-bond donors (Lipinski definition) is 2.